The Bertz CT molecular complexity index is 1120. The van der Waals surface area contributed by atoms with Crippen molar-refractivity contribution in [3.05, 3.63) is 53.7 Å². The highest BCUT2D eigenvalue weighted by Gasteiger charge is 2.24. The number of amides is 1. The van der Waals surface area contributed by atoms with Crippen LogP contribution in [0.2, 0.25) is 0 Å². The van der Waals surface area contributed by atoms with Gasteiger partial charge in [0.25, 0.3) is 5.91 Å². The van der Waals surface area contributed by atoms with Gasteiger partial charge >= 0.3 is 0 Å². The number of aryl methyl sites for hydroxylation is 1. The minimum absolute atomic E-state index is 0.190. The first-order valence-corrected chi connectivity index (χ1v) is 11.4. The zero-order valence-corrected chi connectivity index (χ0v) is 19.4. The van der Waals surface area contributed by atoms with Crippen molar-refractivity contribution in [2.45, 2.75) is 58.5 Å². The van der Waals surface area contributed by atoms with Crippen LogP contribution in [0.3, 0.4) is 0 Å². The van der Waals surface area contributed by atoms with Gasteiger partial charge < -0.3 is 20.1 Å². The molecule has 0 unspecified atom stereocenters. The maximum Gasteiger partial charge on any atom is 0.294 e. The third-order valence-corrected chi connectivity index (χ3v) is 5.65. The fourth-order valence-corrected chi connectivity index (χ4v) is 3.63. The monoisotopic (exact) mass is 449 g/mol. The third kappa shape index (κ3) is 6.61. The van der Waals surface area contributed by atoms with E-state index in [0.717, 1.165) is 41.1 Å². The molecule has 2 heterocycles. The molecule has 3 aromatic rings. The number of aliphatic hydroxyl groups is 1. The number of anilines is 1. The number of nitrogens with one attached hydrogen (secondary N) is 2. The molecule has 8 nitrogen and oxygen atoms in total. The summed E-state index contributed by atoms with van der Waals surface area (Å²) in [6.07, 6.45) is 6.37. The molecule has 33 heavy (non-hydrogen) atoms. The summed E-state index contributed by atoms with van der Waals surface area (Å²) in [6, 6.07) is 9.67. The van der Waals surface area contributed by atoms with E-state index < -0.39 is 5.60 Å². The van der Waals surface area contributed by atoms with Crippen molar-refractivity contribution in [1.29, 1.82) is 0 Å². The van der Waals surface area contributed by atoms with Crippen molar-refractivity contribution in [3.63, 3.8) is 0 Å². The Morgan fingerprint density at radius 1 is 1.24 bits per heavy atom. The van der Waals surface area contributed by atoms with E-state index in [0.29, 0.717) is 24.8 Å². The summed E-state index contributed by atoms with van der Waals surface area (Å²) in [4.78, 5) is 19.9. The lowest BCUT2D eigenvalue weighted by Crippen LogP contribution is -2.19. The van der Waals surface area contributed by atoms with Gasteiger partial charge in [0.1, 0.15) is 17.4 Å². The SMILES string of the molecule is Cc1ccc(OCCCC(C)(C)O)cc1-c1ccnc(NC(=O)c2nnc(CC3CC3)[nH]2)c1. The highest BCUT2D eigenvalue weighted by molar-refractivity contribution is 6.01. The molecule has 0 radical (unpaired) electrons. The quantitative estimate of drug-likeness (QED) is 0.398. The molecule has 1 aliphatic rings. The minimum Gasteiger partial charge on any atom is -0.494 e. The van der Waals surface area contributed by atoms with Gasteiger partial charge in [-0.25, -0.2) is 4.98 Å². The topological polar surface area (TPSA) is 113 Å². The highest BCUT2D eigenvalue weighted by Crippen LogP contribution is 2.32. The van der Waals surface area contributed by atoms with E-state index in [2.05, 4.69) is 25.5 Å². The predicted octanol–water partition coefficient (Wildman–Crippen LogP) is 4.31. The number of nitrogens with zero attached hydrogens (tertiary/aromatic N) is 3. The standard InChI is InChI=1S/C25H31N5O3/c1-16-5-8-19(33-12-4-10-25(2,3)32)15-20(16)18-9-11-26-21(14-18)28-24(31)23-27-22(29-30-23)13-17-6-7-17/h5,8-9,11,14-15,17,32H,4,6-7,10,12-13H2,1-3H3,(H,26,28,31)(H,27,29,30). The van der Waals surface area contributed by atoms with Gasteiger partial charge in [-0.1, -0.05) is 6.07 Å². The summed E-state index contributed by atoms with van der Waals surface area (Å²) in [7, 11) is 0. The second kappa shape index (κ2) is 9.70. The summed E-state index contributed by atoms with van der Waals surface area (Å²) in [5, 5.41) is 20.7. The zero-order chi connectivity index (χ0) is 23.4. The molecule has 0 saturated heterocycles. The van der Waals surface area contributed by atoms with E-state index in [4.69, 9.17) is 4.74 Å². The van der Waals surface area contributed by atoms with Crippen LogP contribution in [0.5, 0.6) is 5.75 Å². The van der Waals surface area contributed by atoms with E-state index in [1.165, 1.54) is 12.8 Å². The van der Waals surface area contributed by atoms with E-state index in [1.807, 2.05) is 37.3 Å². The van der Waals surface area contributed by atoms with Crippen LogP contribution in [-0.4, -0.2) is 43.4 Å². The van der Waals surface area contributed by atoms with Crippen LogP contribution in [0.1, 0.15) is 61.5 Å². The average molecular weight is 450 g/mol. The molecule has 1 aromatic carbocycles. The molecule has 0 spiro atoms. The Balaban J connectivity index is 1.42. The molecule has 3 N–H and O–H groups in total. The molecular formula is C25H31N5O3. The summed E-state index contributed by atoms with van der Waals surface area (Å²) in [6.45, 7) is 6.16. The van der Waals surface area contributed by atoms with Gasteiger partial charge in [0.05, 0.1) is 12.2 Å². The van der Waals surface area contributed by atoms with Gasteiger partial charge in [0.15, 0.2) is 0 Å². The van der Waals surface area contributed by atoms with Gasteiger partial charge in [-0.3, -0.25) is 4.79 Å². The van der Waals surface area contributed by atoms with Gasteiger partial charge in [0, 0.05) is 12.6 Å². The zero-order valence-electron chi connectivity index (χ0n) is 19.4. The summed E-state index contributed by atoms with van der Waals surface area (Å²) in [5.74, 6) is 2.44. The fraction of sp³-hybridized carbons (Fsp3) is 0.440. The van der Waals surface area contributed by atoms with E-state index in [-0.39, 0.29) is 11.7 Å². The number of hydrogen-bond acceptors (Lipinski definition) is 6. The first-order valence-electron chi connectivity index (χ1n) is 11.4. The molecule has 174 valence electrons. The van der Waals surface area contributed by atoms with Crippen molar-refractivity contribution >= 4 is 11.7 Å². The molecule has 0 atom stereocenters. The molecule has 1 saturated carbocycles. The minimum atomic E-state index is -0.690. The van der Waals surface area contributed by atoms with Crippen molar-refractivity contribution in [1.82, 2.24) is 20.2 Å². The molecule has 8 heteroatoms. The number of hydrogen-bond donors (Lipinski definition) is 3. The Labute approximate surface area is 193 Å². The second-order valence-corrected chi connectivity index (χ2v) is 9.39. The van der Waals surface area contributed by atoms with Crippen LogP contribution in [0.25, 0.3) is 11.1 Å². The van der Waals surface area contributed by atoms with Crippen molar-refractivity contribution in [2.24, 2.45) is 5.92 Å². The molecule has 1 amide bonds. The van der Waals surface area contributed by atoms with Crippen LogP contribution in [0.15, 0.2) is 36.5 Å². The molecule has 2 aromatic heterocycles. The van der Waals surface area contributed by atoms with Crippen LogP contribution >= 0.6 is 0 Å². The second-order valence-electron chi connectivity index (χ2n) is 9.39. The first-order chi connectivity index (χ1) is 15.8. The molecule has 0 bridgehead atoms. The predicted molar refractivity (Wildman–Crippen MR) is 126 cm³/mol. The number of carbonyl (C=O) groups is 1. The number of ether oxygens (including phenoxy) is 1. The number of pyridine rings is 1. The summed E-state index contributed by atoms with van der Waals surface area (Å²) >= 11 is 0. The third-order valence-electron chi connectivity index (χ3n) is 5.65. The average Bonchev–Trinajstić information content (AvgIpc) is 3.45. The first kappa shape index (κ1) is 22.9. The highest BCUT2D eigenvalue weighted by atomic mass is 16.5. The van der Waals surface area contributed by atoms with Crippen LogP contribution < -0.4 is 10.1 Å². The van der Waals surface area contributed by atoms with E-state index >= 15 is 0 Å². The fourth-order valence-electron chi connectivity index (χ4n) is 3.63. The number of aromatic nitrogens is 4. The molecule has 0 aliphatic heterocycles. The maximum absolute atomic E-state index is 12.6. The normalized spacial score (nSPS) is 13.7. The van der Waals surface area contributed by atoms with Gasteiger partial charge in [-0.05, 0) is 93.3 Å². The number of rotatable bonds is 10. The largest absolute Gasteiger partial charge is 0.494 e. The summed E-state index contributed by atoms with van der Waals surface area (Å²) < 4.78 is 5.89. The van der Waals surface area contributed by atoms with Gasteiger partial charge in [-0.2, -0.15) is 0 Å². The van der Waals surface area contributed by atoms with Gasteiger partial charge in [-0.15, -0.1) is 10.2 Å². The number of aromatic amines is 1. The smallest absolute Gasteiger partial charge is 0.294 e. The van der Waals surface area contributed by atoms with Crippen LogP contribution in [0, 0.1) is 12.8 Å². The Hall–Kier alpha value is -3.26. The Morgan fingerprint density at radius 3 is 2.82 bits per heavy atom. The van der Waals surface area contributed by atoms with Crippen molar-refractivity contribution in [2.75, 3.05) is 11.9 Å². The Kier molecular flexibility index (Phi) is 6.74. The number of H-pyrrole nitrogens is 1. The van der Waals surface area contributed by atoms with Crippen molar-refractivity contribution < 1.29 is 14.6 Å². The lowest BCUT2D eigenvalue weighted by Gasteiger charge is -2.17. The van der Waals surface area contributed by atoms with E-state index in [1.54, 1.807) is 20.0 Å². The van der Waals surface area contributed by atoms with Crippen molar-refractivity contribution in [3.8, 4) is 16.9 Å². The molecule has 1 aliphatic carbocycles. The van der Waals surface area contributed by atoms with Crippen LogP contribution in [-0.2, 0) is 6.42 Å². The number of carbonyl (C=O) groups excluding carboxylic acids is 1. The molecule has 1 fully saturated rings. The molecule has 4 rings (SSSR count). The lowest BCUT2D eigenvalue weighted by molar-refractivity contribution is 0.0641. The number of benzene rings is 1. The maximum atomic E-state index is 12.6. The summed E-state index contributed by atoms with van der Waals surface area (Å²) in [5.41, 5.74) is 2.32. The molecular weight excluding hydrogens is 418 g/mol. The van der Waals surface area contributed by atoms with Crippen LogP contribution in [0.4, 0.5) is 5.82 Å². The Morgan fingerprint density at radius 2 is 2.06 bits per heavy atom. The van der Waals surface area contributed by atoms with E-state index in [9.17, 15) is 9.90 Å². The lowest BCUT2D eigenvalue weighted by atomic mass is 10.0. The van der Waals surface area contributed by atoms with Gasteiger partial charge in [0.2, 0.25) is 5.82 Å².